The quantitative estimate of drug-likeness (QED) is 0.0989. The molecule has 5 aliphatic heterocycles. The third-order valence-corrected chi connectivity index (χ3v) is 17.4. The number of terminal acetylenes is 1. The predicted molar refractivity (Wildman–Crippen MR) is 283 cm³/mol. The van der Waals surface area contributed by atoms with Crippen LogP contribution in [0.5, 0.6) is 5.75 Å². The van der Waals surface area contributed by atoms with Crippen LogP contribution in [0, 0.1) is 23.2 Å². The first-order chi connectivity index (χ1) is 36.2. The Morgan fingerprint density at radius 1 is 0.987 bits per heavy atom. The van der Waals surface area contributed by atoms with E-state index in [4.69, 9.17) is 21.1 Å². The Bertz CT molecular complexity index is 2930. The fourth-order valence-corrected chi connectivity index (χ4v) is 12.8. The zero-order chi connectivity index (χ0) is 52.0. The normalized spacial score (nSPS) is 22.8. The second kappa shape index (κ2) is 20.8. The maximum atomic E-state index is 14.8. The number of aromatic hydroxyl groups is 1. The molecule has 0 bridgehead atoms. The molecule has 2 aromatic carbocycles. The van der Waals surface area contributed by atoms with Crippen LogP contribution in [0.25, 0.3) is 22.3 Å². The van der Waals surface area contributed by atoms with Gasteiger partial charge in [0, 0.05) is 110 Å². The first kappa shape index (κ1) is 50.5. The number of phenolic OH excluding ortho intramolecular Hbond substituents is 1. The summed E-state index contributed by atoms with van der Waals surface area (Å²) < 4.78 is 5.58. The summed E-state index contributed by atoms with van der Waals surface area (Å²) in [6, 6.07) is 15.0. The molecule has 4 atom stereocenters. The van der Waals surface area contributed by atoms with Gasteiger partial charge in [-0.2, -0.15) is 0 Å². The van der Waals surface area contributed by atoms with E-state index in [1.54, 1.807) is 12.1 Å². The summed E-state index contributed by atoms with van der Waals surface area (Å²) in [5.74, 6) is 3.17. The Balaban J connectivity index is 0.677. The lowest BCUT2D eigenvalue weighted by Gasteiger charge is -2.61. The van der Waals surface area contributed by atoms with E-state index in [2.05, 4.69) is 53.4 Å². The third kappa shape index (κ3) is 10.3. The topological polar surface area (TPSA) is 209 Å². The Labute approximate surface area is 438 Å². The Morgan fingerprint density at radius 3 is 2.44 bits per heavy atom. The molecule has 0 radical (unpaired) electrons. The molecule has 11 rings (SSSR count). The molecule has 4 amide bonds. The van der Waals surface area contributed by atoms with Gasteiger partial charge in [-0.05, 0) is 111 Å². The van der Waals surface area contributed by atoms with Crippen molar-refractivity contribution in [2.45, 2.75) is 108 Å². The Kier molecular flexibility index (Phi) is 14.0. The largest absolute Gasteiger partial charge is 0.507 e. The Hall–Kier alpha value is -6.65. The minimum atomic E-state index is -0.916. The van der Waals surface area contributed by atoms with E-state index in [1.165, 1.54) is 10.5 Å². The number of phenols is 1. The first-order valence-corrected chi connectivity index (χ1v) is 26.9. The number of nitrogens with zero attached hydrogens (tertiary/aromatic N) is 9. The summed E-state index contributed by atoms with van der Waals surface area (Å²) >= 11 is 0. The van der Waals surface area contributed by atoms with Gasteiger partial charge in [0.15, 0.2) is 5.65 Å². The number of fused-ring (bicyclic) bond motifs is 3. The van der Waals surface area contributed by atoms with Crippen molar-refractivity contribution in [2.24, 2.45) is 10.8 Å². The third-order valence-electron chi connectivity index (χ3n) is 17.4. The molecule has 3 aromatic heterocycles. The lowest BCUT2D eigenvalue weighted by molar-refractivity contribution is -0.142. The van der Waals surface area contributed by atoms with Gasteiger partial charge in [0.2, 0.25) is 17.8 Å². The lowest BCUT2D eigenvalue weighted by atomic mass is 9.60. The summed E-state index contributed by atoms with van der Waals surface area (Å²) in [6.45, 7) is 14.2. The molecule has 5 fully saturated rings. The number of para-hydroxylation sites is 1. The van der Waals surface area contributed by atoms with E-state index < -0.39 is 23.6 Å². The highest BCUT2D eigenvalue weighted by atomic mass is 16.5. The van der Waals surface area contributed by atoms with Crippen LogP contribution in [0.4, 0.5) is 10.7 Å². The molecule has 8 heterocycles. The van der Waals surface area contributed by atoms with Gasteiger partial charge in [-0.3, -0.25) is 14.5 Å². The van der Waals surface area contributed by atoms with E-state index >= 15 is 0 Å². The van der Waals surface area contributed by atoms with E-state index in [9.17, 15) is 24.6 Å². The van der Waals surface area contributed by atoms with Crippen LogP contribution in [0.2, 0.25) is 0 Å². The summed E-state index contributed by atoms with van der Waals surface area (Å²) in [5.41, 5.74) is 6.51. The molecule has 18 heteroatoms. The number of anilines is 1. The van der Waals surface area contributed by atoms with Gasteiger partial charge < -0.3 is 50.2 Å². The van der Waals surface area contributed by atoms with Crippen molar-refractivity contribution in [1.82, 2.24) is 55.4 Å². The van der Waals surface area contributed by atoms with Crippen LogP contribution in [-0.4, -0.2) is 169 Å². The fraction of sp³-hybridized carbons (Fsp3) is 0.526. The van der Waals surface area contributed by atoms with Crippen LogP contribution in [-0.2, 0) is 27.3 Å². The number of hydrogen-bond donors (Lipinski definition) is 5. The standard InChI is InChI=1S/C57H70N12O6/c1-5-37-10-12-38(13-11-37)30-58-52(72)47-26-42(70)33-69(47)53(73)50(56(3,4)17-21-65-22-24-75-25-23-65)62-55(74)67-34-57(35-67)28-41(29-57)66-18-14-39(15-19-66)40-31-59-54(60-32-40)68-20-16-45-49(36(68)2)44-27-46(63-64-51(44)61-45)43-8-6-7-9-48(43)71/h1,6-13,27,31-32,36,39,41-42,47,50,70-71H,14-26,28-30,33-35H2,2-4H3,(H,58,72)(H,61,64)(H,62,74)/t36-,42-,47+,50-/m1/s1. The number of H-pyrrole nitrogens is 1. The number of aromatic nitrogens is 5. The maximum Gasteiger partial charge on any atom is 0.318 e. The van der Waals surface area contributed by atoms with E-state index in [-0.39, 0.29) is 54.6 Å². The van der Waals surface area contributed by atoms with Crippen LogP contribution in [0.15, 0.2) is 67.0 Å². The maximum absolute atomic E-state index is 14.8. The molecule has 5 aromatic rings. The van der Waals surface area contributed by atoms with Crippen LogP contribution in [0.1, 0.15) is 99.2 Å². The molecule has 1 spiro atoms. The first-order valence-electron chi connectivity index (χ1n) is 26.9. The number of nitrogens with one attached hydrogen (secondary N) is 3. The van der Waals surface area contributed by atoms with Gasteiger partial charge in [0.1, 0.15) is 17.8 Å². The Morgan fingerprint density at radius 2 is 1.72 bits per heavy atom. The second-order valence-electron chi connectivity index (χ2n) is 22.7. The fourth-order valence-electron chi connectivity index (χ4n) is 12.8. The highest BCUT2D eigenvalue weighted by molar-refractivity contribution is 5.93. The lowest BCUT2D eigenvalue weighted by Crippen LogP contribution is -2.70. The number of piperidine rings is 1. The number of aromatic amines is 1. The number of ether oxygens (including phenoxy) is 1. The molecule has 4 saturated heterocycles. The predicted octanol–water partition coefficient (Wildman–Crippen LogP) is 4.97. The van der Waals surface area contributed by atoms with Crippen molar-refractivity contribution in [2.75, 3.05) is 77.0 Å². The summed E-state index contributed by atoms with van der Waals surface area (Å²) in [4.78, 5) is 66.6. The van der Waals surface area contributed by atoms with Crippen molar-refractivity contribution in [3.05, 3.63) is 94.9 Å². The smallest absolute Gasteiger partial charge is 0.318 e. The SMILES string of the molecule is C#Cc1ccc(CNC(=O)[C@@H]2C[C@@H](O)CN2C(=O)[C@@H](NC(=O)N2CC3(CC(N4CCC(c5cnc(N6CCc7[nH]c8nnc(-c9ccccc9O)cc8c7[C@H]6C)nc5)CC4)C3)C2)C(C)(C)CCN2CCOCC2)cc1. The molecule has 75 heavy (non-hydrogen) atoms. The van der Waals surface area contributed by atoms with Crippen molar-refractivity contribution in [1.29, 1.82) is 0 Å². The summed E-state index contributed by atoms with van der Waals surface area (Å²) in [6.07, 6.45) is 14.4. The van der Waals surface area contributed by atoms with Gasteiger partial charge in [0.05, 0.1) is 31.1 Å². The number of β-amino-alcohol motifs (C(OH)–C–C–N with tert-alkyl or cyclic N) is 1. The van der Waals surface area contributed by atoms with Gasteiger partial charge in [-0.1, -0.05) is 44.0 Å². The van der Waals surface area contributed by atoms with Crippen LogP contribution >= 0.6 is 0 Å². The minimum Gasteiger partial charge on any atom is -0.507 e. The highest BCUT2D eigenvalue weighted by Crippen LogP contribution is 2.51. The van der Waals surface area contributed by atoms with E-state index in [1.807, 2.05) is 73.6 Å². The number of carbonyl (C=O) groups is 3. The molecular weight excluding hydrogens is 949 g/mol. The molecule has 6 aliphatic rings. The molecule has 1 aliphatic carbocycles. The number of aliphatic hydroxyl groups excluding tert-OH is 1. The van der Waals surface area contributed by atoms with Crippen molar-refractivity contribution in [3.63, 3.8) is 0 Å². The number of benzene rings is 2. The monoisotopic (exact) mass is 1020 g/mol. The molecule has 0 unspecified atom stereocenters. The number of aliphatic hydroxyl groups is 1. The molecule has 5 N–H and O–H groups in total. The van der Waals surface area contributed by atoms with Gasteiger partial charge >= 0.3 is 6.03 Å². The van der Waals surface area contributed by atoms with Gasteiger partial charge in [0.25, 0.3) is 0 Å². The highest BCUT2D eigenvalue weighted by Gasteiger charge is 2.56. The molecule has 1 saturated carbocycles. The van der Waals surface area contributed by atoms with Crippen LogP contribution in [0.3, 0.4) is 0 Å². The van der Waals surface area contributed by atoms with Crippen molar-refractivity contribution < 1.29 is 29.3 Å². The minimum absolute atomic E-state index is 0.00565. The van der Waals surface area contributed by atoms with E-state index in [0.717, 1.165) is 105 Å². The zero-order valence-corrected chi connectivity index (χ0v) is 43.4. The summed E-state index contributed by atoms with van der Waals surface area (Å²) in [5, 5.41) is 37.4. The number of urea groups is 1. The average molecular weight is 1020 g/mol. The number of hydrogen-bond acceptors (Lipinski definition) is 13. The van der Waals surface area contributed by atoms with Crippen molar-refractivity contribution in [3.8, 4) is 29.4 Å². The van der Waals surface area contributed by atoms with Gasteiger partial charge in [-0.25, -0.2) is 14.8 Å². The number of morpholine rings is 1. The summed E-state index contributed by atoms with van der Waals surface area (Å²) in [7, 11) is 0. The van der Waals surface area contributed by atoms with Crippen LogP contribution < -0.4 is 15.5 Å². The average Bonchev–Trinajstić information content (AvgIpc) is 3.99. The molecule has 18 nitrogen and oxygen atoms in total. The molecule has 394 valence electrons. The van der Waals surface area contributed by atoms with Crippen molar-refractivity contribution >= 4 is 34.8 Å². The number of carbonyl (C=O) groups excluding carboxylic acids is 3. The molecular formula is C57H70N12O6. The second-order valence-corrected chi connectivity index (χ2v) is 22.7. The number of rotatable bonds is 13. The zero-order valence-electron chi connectivity index (χ0n) is 43.4. The number of amides is 4. The number of likely N-dealkylation sites (tertiary alicyclic amines) is 3. The van der Waals surface area contributed by atoms with Gasteiger partial charge in [-0.15, -0.1) is 16.6 Å². The van der Waals surface area contributed by atoms with E-state index in [0.29, 0.717) is 61.9 Å².